The van der Waals surface area contributed by atoms with Gasteiger partial charge in [0.05, 0.1) is 28.4 Å². The Bertz CT molecular complexity index is 752. The average Bonchev–Trinajstić information content (AvgIpc) is 2.90. The van der Waals surface area contributed by atoms with Gasteiger partial charge in [-0.1, -0.05) is 50.9 Å². The van der Waals surface area contributed by atoms with Gasteiger partial charge in [-0.15, -0.1) is 23.2 Å². The van der Waals surface area contributed by atoms with E-state index in [-0.39, 0.29) is 15.1 Å². The van der Waals surface area contributed by atoms with Gasteiger partial charge in [0.1, 0.15) is 9.75 Å². The zero-order chi connectivity index (χ0) is 23.2. The molecule has 0 saturated heterocycles. The third-order valence-electron chi connectivity index (χ3n) is 8.04. The van der Waals surface area contributed by atoms with Crippen molar-refractivity contribution in [2.75, 3.05) is 14.2 Å². The van der Waals surface area contributed by atoms with E-state index in [4.69, 9.17) is 60.3 Å². The van der Waals surface area contributed by atoms with Gasteiger partial charge >= 0.3 is 0 Å². The van der Waals surface area contributed by atoms with Crippen molar-refractivity contribution in [3.05, 3.63) is 10.1 Å². The van der Waals surface area contributed by atoms with Crippen LogP contribution in [0.25, 0.3) is 0 Å². The van der Waals surface area contributed by atoms with E-state index in [1.807, 2.05) is 6.92 Å². The maximum Gasteiger partial charge on any atom is 0.217 e. The molecule has 2 N–H and O–H groups in total. The number of methoxy groups -OCH3 is 2. The number of alkyl halides is 2. The van der Waals surface area contributed by atoms with Gasteiger partial charge in [-0.25, -0.2) is 0 Å². The molecule has 0 aromatic rings. The Morgan fingerprint density at radius 2 is 1.33 bits per heavy atom. The van der Waals surface area contributed by atoms with E-state index in [1.54, 1.807) is 0 Å². The molecule has 3 aliphatic carbocycles. The number of rotatable bonds is 4. The second kappa shape index (κ2) is 7.46. The fourth-order valence-electron chi connectivity index (χ4n) is 5.40. The highest BCUT2D eigenvalue weighted by molar-refractivity contribution is 6.74. The van der Waals surface area contributed by atoms with Crippen molar-refractivity contribution >= 4 is 54.7 Å². The molecular weight excluding hydrogens is 490 g/mol. The first-order chi connectivity index (χ1) is 13.5. The third-order valence-corrected chi connectivity index (χ3v) is 15.2. The summed E-state index contributed by atoms with van der Waals surface area (Å²) < 4.78 is 18.4. The first-order valence-electron chi connectivity index (χ1n) is 10.1. The average molecular weight is 522 g/mol. The van der Waals surface area contributed by atoms with Gasteiger partial charge in [0.15, 0.2) is 8.32 Å². The molecule has 174 valence electrons. The Kier molecular flexibility index (Phi) is 6.35. The number of halogens is 4. The summed E-state index contributed by atoms with van der Waals surface area (Å²) in [6.45, 7) is 12.5. The third kappa shape index (κ3) is 2.73. The first kappa shape index (κ1) is 25.5. The lowest BCUT2D eigenvalue weighted by atomic mass is 9.64. The number of hydrogen-bond acceptors (Lipinski definition) is 5. The van der Waals surface area contributed by atoms with Crippen molar-refractivity contribution < 1.29 is 24.1 Å². The summed E-state index contributed by atoms with van der Waals surface area (Å²) in [6, 6.07) is 0. The van der Waals surface area contributed by atoms with Gasteiger partial charge in [-0.3, -0.25) is 0 Å². The smallest absolute Gasteiger partial charge is 0.217 e. The number of ether oxygens (including phenoxy) is 2. The molecule has 30 heavy (non-hydrogen) atoms. The zero-order valence-electron chi connectivity index (χ0n) is 18.6. The van der Waals surface area contributed by atoms with E-state index in [0.717, 1.165) is 0 Å². The molecule has 10 heteroatoms. The number of aliphatic hydroxyl groups is 2. The Labute approximate surface area is 200 Å². The molecule has 0 aliphatic heterocycles. The summed E-state index contributed by atoms with van der Waals surface area (Å²) in [5.74, 6) is -3.48. The molecule has 0 radical (unpaired) electrons. The maximum absolute atomic E-state index is 11.2. The molecule has 0 unspecified atom stereocenters. The normalized spacial score (nSPS) is 45.8. The van der Waals surface area contributed by atoms with Crippen LogP contribution in [0.5, 0.6) is 0 Å². The van der Waals surface area contributed by atoms with Gasteiger partial charge < -0.3 is 24.1 Å². The van der Waals surface area contributed by atoms with Crippen LogP contribution >= 0.6 is 46.4 Å². The van der Waals surface area contributed by atoms with Crippen LogP contribution in [0.1, 0.15) is 27.7 Å². The first-order valence-corrected chi connectivity index (χ1v) is 14.5. The van der Waals surface area contributed by atoms with Crippen molar-refractivity contribution in [2.45, 2.75) is 79.7 Å². The summed E-state index contributed by atoms with van der Waals surface area (Å²) in [5, 5.41) is 22.2. The molecule has 0 aromatic heterocycles. The van der Waals surface area contributed by atoms with Crippen LogP contribution in [0.2, 0.25) is 18.1 Å². The van der Waals surface area contributed by atoms with Gasteiger partial charge in [0.2, 0.25) is 5.79 Å². The van der Waals surface area contributed by atoms with E-state index in [9.17, 15) is 10.2 Å². The van der Waals surface area contributed by atoms with Gasteiger partial charge in [-0.05, 0) is 18.1 Å². The number of aliphatic hydroxyl groups excluding tert-OH is 2. The molecule has 5 nitrogen and oxygen atoms in total. The molecule has 2 saturated carbocycles. The Hall–Kier alpha value is 0.917. The Morgan fingerprint density at radius 1 is 0.900 bits per heavy atom. The molecule has 0 spiro atoms. The van der Waals surface area contributed by atoms with Gasteiger partial charge in [-0.2, -0.15) is 0 Å². The van der Waals surface area contributed by atoms with Crippen molar-refractivity contribution in [2.24, 2.45) is 17.8 Å². The van der Waals surface area contributed by atoms with Crippen LogP contribution in [0.4, 0.5) is 0 Å². The van der Waals surface area contributed by atoms with Crippen molar-refractivity contribution in [3.8, 4) is 0 Å². The lowest BCUT2D eigenvalue weighted by molar-refractivity contribution is -0.222. The molecular formula is C20H32Cl4O5Si. The van der Waals surface area contributed by atoms with Crippen LogP contribution in [0.3, 0.4) is 0 Å². The Balaban J connectivity index is 2.26. The quantitative estimate of drug-likeness (QED) is 0.320. The molecule has 2 bridgehead atoms. The fourth-order valence-corrected chi connectivity index (χ4v) is 9.06. The van der Waals surface area contributed by atoms with E-state index < -0.39 is 59.9 Å². The van der Waals surface area contributed by atoms with Crippen molar-refractivity contribution in [1.82, 2.24) is 0 Å². The predicted octanol–water partition coefficient (Wildman–Crippen LogP) is 4.64. The summed E-state index contributed by atoms with van der Waals surface area (Å²) in [4.78, 5) is -3.08. The molecule has 3 rings (SSSR count). The largest absolute Gasteiger partial charge is 0.413 e. The number of hydrogen-bond donors (Lipinski definition) is 2. The van der Waals surface area contributed by atoms with Crippen LogP contribution in [0, 0.1) is 17.8 Å². The molecule has 0 aromatic carbocycles. The SMILES string of the molecule is COC1(OC)[C@@]2(Cl)C(Cl)=C(Cl)[C@]1(Cl)[C@@H]1[C@H](O[Si](C)(C)C(C)(C)C)[C@@H](C)[C@@H](O)[C@H](O)[C@@H]12. The van der Waals surface area contributed by atoms with E-state index in [0.29, 0.717) is 0 Å². The van der Waals surface area contributed by atoms with Gasteiger partial charge in [0.25, 0.3) is 0 Å². The second-order valence-corrected chi connectivity index (χ2v) is 17.0. The highest BCUT2D eigenvalue weighted by Gasteiger charge is 2.88. The lowest BCUT2D eigenvalue weighted by Crippen LogP contribution is -2.63. The summed E-state index contributed by atoms with van der Waals surface area (Å²) >= 11 is 27.7. The molecule has 2 fully saturated rings. The zero-order valence-corrected chi connectivity index (χ0v) is 22.6. The highest BCUT2D eigenvalue weighted by atomic mass is 35.5. The molecule has 0 amide bonds. The topological polar surface area (TPSA) is 68.2 Å². The minimum atomic E-state index is -2.30. The minimum Gasteiger partial charge on any atom is -0.413 e. The molecule has 3 aliphatic rings. The summed E-state index contributed by atoms with van der Waals surface area (Å²) in [6.07, 6.45) is -2.85. The van der Waals surface area contributed by atoms with Crippen LogP contribution in [0.15, 0.2) is 10.1 Å². The monoisotopic (exact) mass is 520 g/mol. The van der Waals surface area contributed by atoms with Crippen molar-refractivity contribution in [1.29, 1.82) is 0 Å². The predicted molar refractivity (Wildman–Crippen MR) is 123 cm³/mol. The summed E-state index contributed by atoms with van der Waals surface area (Å²) in [5.41, 5.74) is 0. The van der Waals surface area contributed by atoms with E-state index in [1.165, 1.54) is 14.2 Å². The van der Waals surface area contributed by atoms with Crippen LogP contribution in [-0.2, 0) is 13.9 Å². The Morgan fingerprint density at radius 3 is 1.73 bits per heavy atom. The lowest BCUT2D eigenvalue weighted by Gasteiger charge is -2.53. The minimum absolute atomic E-state index is 0.0673. The standard InChI is InChI=1S/C20H32Cl4O5Si/c1-9-12(25)13(26)10-11(14(9)29-30(7,8)17(2,3)4)19(24)16(22)15(21)18(10,23)20(19,27-5)28-6/h9-14,25-26H,1-8H3/t9-,10+,11-,12+,13+,14+,18-,19+/m0/s1. The van der Waals surface area contributed by atoms with Crippen LogP contribution in [-0.4, -0.2) is 66.6 Å². The highest BCUT2D eigenvalue weighted by Crippen LogP contribution is 2.76. The summed E-state index contributed by atoms with van der Waals surface area (Å²) in [7, 11) is 0.538. The van der Waals surface area contributed by atoms with E-state index >= 15 is 0 Å². The van der Waals surface area contributed by atoms with Crippen LogP contribution < -0.4 is 0 Å². The second-order valence-electron chi connectivity index (χ2n) is 10.3. The molecule has 0 heterocycles. The number of fused-ring (bicyclic) bond motifs is 5. The van der Waals surface area contributed by atoms with Crippen molar-refractivity contribution in [3.63, 3.8) is 0 Å². The van der Waals surface area contributed by atoms with Gasteiger partial charge in [0, 0.05) is 32.0 Å². The molecule has 8 atom stereocenters. The maximum atomic E-state index is 11.2. The fraction of sp³-hybridized carbons (Fsp3) is 0.900. The van der Waals surface area contributed by atoms with E-state index in [2.05, 4.69) is 33.9 Å².